The highest BCUT2D eigenvalue weighted by atomic mass is 16.3. The lowest BCUT2D eigenvalue weighted by atomic mass is 10.1. The molecule has 0 saturated carbocycles. The number of carbonyl (C=O) groups is 1. The first-order chi connectivity index (χ1) is 14.9. The number of imidazole rings is 1. The van der Waals surface area contributed by atoms with Gasteiger partial charge in [-0.15, -0.1) is 0 Å². The van der Waals surface area contributed by atoms with Crippen LogP contribution in [-0.2, 0) is 6.54 Å². The van der Waals surface area contributed by atoms with Gasteiger partial charge < -0.3 is 18.7 Å². The summed E-state index contributed by atoms with van der Waals surface area (Å²) in [6, 6.07) is 4.17. The molecule has 9 heteroatoms. The lowest BCUT2D eigenvalue weighted by Gasteiger charge is -2.34. The topological polar surface area (TPSA) is 99.7 Å². The van der Waals surface area contributed by atoms with Crippen molar-refractivity contribution in [1.82, 2.24) is 29.2 Å². The molecule has 1 aliphatic heterocycles. The summed E-state index contributed by atoms with van der Waals surface area (Å²) in [7, 11) is 0. The third-order valence-corrected chi connectivity index (χ3v) is 6.00. The van der Waals surface area contributed by atoms with Gasteiger partial charge in [0.25, 0.3) is 11.5 Å². The molecule has 0 spiro atoms. The van der Waals surface area contributed by atoms with Crippen LogP contribution in [0.15, 0.2) is 33.9 Å². The van der Waals surface area contributed by atoms with Gasteiger partial charge in [-0.25, -0.2) is 9.97 Å². The average molecular weight is 420 g/mol. The number of aryl methyl sites for hydroxylation is 3. The van der Waals surface area contributed by atoms with Gasteiger partial charge in [-0.2, -0.15) is 0 Å². The second kappa shape index (κ2) is 7.35. The predicted molar refractivity (Wildman–Crippen MR) is 115 cm³/mol. The fourth-order valence-corrected chi connectivity index (χ4v) is 4.30. The molecule has 0 bridgehead atoms. The van der Waals surface area contributed by atoms with E-state index in [0.717, 1.165) is 31.0 Å². The van der Waals surface area contributed by atoms with Crippen LogP contribution in [-0.4, -0.2) is 61.2 Å². The Kier molecular flexibility index (Phi) is 4.62. The van der Waals surface area contributed by atoms with Crippen LogP contribution in [0.2, 0.25) is 0 Å². The quantitative estimate of drug-likeness (QED) is 0.545. The van der Waals surface area contributed by atoms with E-state index in [1.165, 1.54) is 17.6 Å². The van der Waals surface area contributed by atoms with Crippen LogP contribution in [0.1, 0.15) is 33.1 Å². The van der Waals surface area contributed by atoms with E-state index < -0.39 is 0 Å². The van der Waals surface area contributed by atoms with Gasteiger partial charge in [0.05, 0.1) is 23.3 Å². The highest BCUT2D eigenvalue weighted by Crippen LogP contribution is 2.23. The minimum absolute atomic E-state index is 0.184. The molecule has 0 radical (unpaired) electrons. The van der Waals surface area contributed by atoms with Crippen LogP contribution < -0.4 is 5.56 Å². The number of piperazine rings is 1. The Morgan fingerprint density at radius 1 is 1.19 bits per heavy atom. The fraction of sp³-hybridized carbons (Fsp3) is 0.364. The van der Waals surface area contributed by atoms with Gasteiger partial charge in [0, 0.05) is 38.9 Å². The first kappa shape index (κ1) is 19.5. The van der Waals surface area contributed by atoms with Crippen LogP contribution >= 0.6 is 0 Å². The number of nitrogens with one attached hydrogen (secondary N) is 1. The Morgan fingerprint density at radius 3 is 2.74 bits per heavy atom. The maximum Gasteiger partial charge on any atom is 0.262 e. The largest absolute Gasteiger partial charge is 0.442 e. The zero-order chi connectivity index (χ0) is 21.7. The number of rotatable bonds is 3. The summed E-state index contributed by atoms with van der Waals surface area (Å²) in [4.78, 5) is 40.8. The standard InChI is InChI=1S/C22H24N6O3/c1-13-4-5-28-16(14(2)25-17(28)10-13)11-26-6-8-27(9-7-26)22(30)18-15(3)31-21-19(18)20(29)23-12-24-21/h4-5,10,12H,6-9,11H2,1-3H3,(H,23,24,29). The molecule has 1 fully saturated rings. The predicted octanol–water partition coefficient (Wildman–Crippen LogP) is 2.05. The molecule has 9 nitrogen and oxygen atoms in total. The Bertz CT molecular complexity index is 1360. The normalized spacial score (nSPS) is 15.3. The molecule has 1 N–H and O–H groups in total. The molecule has 31 heavy (non-hydrogen) atoms. The minimum Gasteiger partial charge on any atom is -0.442 e. The molecule has 160 valence electrons. The second-order valence-electron chi connectivity index (χ2n) is 8.09. The Hall–Kier alpha value is -3.46. The van der Waals surface area contributed by atoms with E-state index in [1.807, 2.05) is 6.92 Å². The Labute approximate surface area is 178 Å². The van der Waals surface area contributed by atoms with E-state index >= 15 is 0 Å². The summed E-state index contributed by atoms with van der Waals surface area (Å²) in [6.07, 6.45) is 3.35. The number of nitrogens with zero attached hydrogens (tertiary/aromatic N) is 5. The Balaban J connectivity index is 1.33. The average Bonchev–Trinajstić information content (AvgIpc) is 3.24. The molecule has 0 aliphatic carbocycles. The molecule has 5 heterocycles. The monoisotopic (exact) mass is 420 g/mol. The van der Waals surface area contributed by atoms with Gasteiger partial charge in [0.1, 0.15) is 16.8 Å². The smallest absolute Gasteiger partial charge is 0.262 e. The number of furan rings is 1. The number of aromatic amines is 1. The minimum atomic E-state index is -0.359. The molecule has 1 amide bonds. The maximum absolute atomic E-state index is 13.2. The van der Waals surface area contributed by atoms with Gasteiger partial charge in [-0.3, -0.25) is 14.5 Å². The summed E-state index contributed by atoms with van der Waals surface area (Å²) in [5.41, 5.74) is 4.49. The third-order valence-electron chi connectivity index (χ3n) is 6.00. The molecule has 4 aromatic rings. The maximum atomic E-state index is 13.2. The molecular formula is C22H24N6O3. The molecule has 0 unspecified atom stereocenters. The van der Waals surface area contributed by atoms with Gasteiger partial charge in [-0.1, -0.05) is 0 Å². The van der Waals surface area contributed by atoms with Crippen LogP contribution in [0, 0.1) is 20.8 Å². The molecule has 0 aromatic carbocycles. The van der Waals surface area contributed by atoms with Gasteiger partial charge in [0.15, 0.2) is 0 Å². The van der Waals surface area contributed by atoms with E-state index in [0.29, 0.717) is 24.4 Å². The van der Waals surface area contributed by atoms with E-state index in [2.05, 4.69) is 49.5 Å². The van der Waals surface area contributed by atoms with E-state index in [1.54, 1.807) is 11.8 Å². The van der Waals surface area contributed by atoms with E-state index in [-0.39, 0.29) is 22.6 Å². The summed E-state index contributed by atoms with van der Waals surface area (Å²) in [6.45, 7) is 9.22. The highest BCUT2D eigenvalue weighted by molar-refractivity contribution is 6.06. The third kappa shape index (κ3) is 3.31. The van der Waals surface area contributed by atoms with Crippen LogP contribution in [0.25, 0.3) is 16.7 Å². The number of carbonyl (C=O) groups excluding carboxylic acids is 1. The van der Waals surface area contributed by atoms with Gasteiger partial charge in [-0.05, 0) is 38.5 Å². The molecule has 5 rings (SSSR count). The lowest BCUT2D eigenvalue weighted by molar-refractivity contribution is 0.0626. The fourth-order valence-electron chi connectivity index (χ4n) is 4.30. The number of hydrogen-bond donors (Lipinski definition) is 1. The van der Waals surface area contributed by atoms with Crippen molar-refractivity contribution in [3.8, 4) is 0 Å². The van der Waals surface area contributed by atoms with Crippen molar-refractivity contribution < 1.29 is 9.21 Å². The van der Waals surface area contributed by atoms with Crippen molar-refractivity contribution >= 4 is 22.7 Å². The lowest BCUT2D eigenvalue weighted by Crippen LogP contribution is -2.48. The van der Waals surface area contributed by atoms with Crippen molar-refractivity contribution in [1.29, 1.82) is 0 Å². The Morgan fingerprint density at radius 2 is 1.97 bits per heavy atom. The van der Waals surface area contributed by atoms with E-state index in [9.17, 15) is 9.59 Å². The number of pyridine rings is 1. The van der Waals surface area contributed by atoms with Crippen molar-refractivity contribution in [2.75, 3.05) is 26.2 Å². The molecule has 4 aromatic heterocycles. The number of aromatic nitrogens is 4. The molecule has 1 saturated heterocycles. The molecule has 0 atom stereocenters. The van der Waals surface area contributed by atoms with Gasteiger partial charge in [0.2, 0.25) is 5.71 Å². The zero-order valence-electron chi connectivity index (χ0n) is 17.8. The van der Waals surface area contributed by atoms with Crippen molar-refractivity contribution in [2.45, 2.75) is 27.3 Å². The van der Waals surface area contributed by atoms with E-state index in [4.69, 9.17) is 4.42 Å². The second-order valence-corrected chi connectivity index (χ2v) is 8.09. The SMILES string of the molecule is Cc1ccn2c(CN3CCN(C(=O)c4c(C)oc5nc[nH]c(=O)c45)CC3)c(C)nc2c1. The molecule has 1 aliphatic rings. The van der Waals surface area contributed by atoms with Crippen molar-refractivity contribution in [3.63, 3.8) is 0 Å². The summed E-state index contributed by atoms with van der Waals surface area (Å²) in [5, 5.41) is 0.226. The van der Waals surface area contributed by atoms with Gasteiger partial charge >= 0.3 is 0 Å². The number of amides is 1. The summed E-state index contributed by atoms with van der Waals surface area (Å²) >= 11 is 0. The number of fused-ring (bicyclic) bond motifs is 2. The zero-order valence-corrected chi connectivity index (χ0v) is 17.8. The van der Waals surface area contributed by atoms with Crippen molar-refractivity contribution in [3.05, 3.63) is 63.3 Å². The van der Waals surface area contributed by atoms with Crippen LogP contribution in [0.5, 0.6) is 0 Å². The molecular weight excluding hydrogens is 396 g/mol. The highest BCUT2D eigenvalue weighted by Gasteiger charge is 2.29. The first-order valence-electron chi connectivity index (χ1n) is 10.3. The summed E-state index contributed by atoms with van der Waals surface area (Å²) in [5.74, 6) is 0.235. The van der Waals surface area contributed by atoms with Crippen molar-refractivity contribution in [2.24, 2.45) is 0 Å². The number of H-pyrrole nitrogens is 1. The first-order valence-corrected chi connectivity index (χ1v) is 10.3. The van der Waals surface area contributed by atoms with Crippen LogP contribution in [0.3, 0.4) is 0 Å². The number of hydrogen-bond acceptors (Lipinski definition) is 6. The summed E-state index contributed by atoms with van der Waals surface area (Å²) < 4.78 is 7.69. The van der Waals surface area contributed by atoms with Crippen LogP contribution in [0.4, 0.5) is 0 Å².